The molecule has 0 atom stereocenters. The highest BCUT2D eigenvalue weighted by atomic mass is 32.2. The van der Waals surface area contributed by atoms with Crippen LogP contribution in [0.1, 0.15) is 26.2 Å². The average Bonchev–Trinajstić information content (AvgIpc) is 3.29. The maximum atomic E-state index is 12.3. The molecule has 1 aromatic rings. The van der Waals surface area contributed by atoms with Gasteiger partial charge >= 0.3 is 0 Å². The van der Waals surface area contributed by atoms with Crippen LogP contribution in [-0.4, -0.2) is 34.7 Å². The fourth-order valence-corrected chi connectivity index (χ4v) is 3.16. The van der Waals surface area contributed by atoms with Crippen LogP contribution in [0.15, 0.2) is 29.2 Å². The van der Waals surface area contributed by atoms with Crippen molar-refractivity contribution in [1.82, 2.24) is 4.72 Å². The van der Waals surface area contributed by atoms with Crippen molar-refractivity contribution in [2.45, 2.75) is 31.1 Å². The Bertz CT molecular complexity index is 542. The van der Waals surface area contributed by atoms with Crippen molar-refractivity contribution in [3.63, 3.8) is 0 Å². The standard InChI is InChI=1S/C15H24N2O3S/c1-2-9-16-14-5-3-4-6-15(14)21(18,19)17-10-11-20-12-13-7-8-13/h3-6,13,16-17H,2,7-12H2,1H3. The quantitative estimate of drug-likeness (QED) is 0.650. The minimum absolute atomic E-state index is 0.292. The summed E-state index contributed by atoms with van der Waals surface area (Å²) in [5, 5.41) is 3.14. The van der Waals surface area contributed by atoms with E-state index < -0.39 is 10.0 Å². The normalized spacial score (nSPS) is 15.1. The monoisotopic (exact) mass is 312 g/mol. The summed E-state index contributed by atoms with van der Waals surface area (Å²) in [6, 6.07) is 6.96. The van der Waals surface area contributed by atoms with Crippen molar-refractivity contribution in [2.24, 2.45) is 5.92 Å². The van der Waals surface area contributed by atoms with E-state index in [1.807, 2.05) is 13.0 Å². The molecule has 1 fully saturated rings. The number of para-hydroxylation sites is 1. The maximum Gasteiger partial charge on any atom is 0.242 e. The number of sulfonamides is 1. The lowest BCUT2D eigenvalue weighted by molar-refractivity contribution is 0.129. The van der Waals surface area contributed by atoms with E-state index in [0.717, 1.165) is 19.6 Å². The van der Waals surface area contributed by atoms with Crippen molar-refractivity contribution >= 4 is 15.7 Å². The summed E-state index contributed by atoms with van der Waals surface area (Å²) < 4.78 is 32.7. The first-order valence-electron chi connectivity index (χ1n) is 7.54. The van der Waals surface area contributed by atoms with E-state index in [-0.39, 0.29) is 0 Å². The number of benzene rings is 1. The molecule has 0 spiro atoms. The minimum Gasteiger partial charge on any atom is -0.384 e. The summed E-state index contributed by atoms with van der Waals surface area (Å²) in [7, 11) is -3.50. The Labute approximate surface area is 127 Å². The largest absolute Gasteiger partial charge is 0.384 e. The molecule has 1 aromatic carbocycles. The SMILES string of the molecule is CCCNc1ccccc1S(=O)(=O)NCCOCC1CC1. The van der Waals surface area contributed by atoms with Gasteiger partial charge in [-0.15, -0.1) is 0 Å². The molecule has 0 saturated heterocycles. The van der Waals surface area contributed by atoms with Gasteiger partial charge in [0.05, 0.1) is 12.3 Å². The van der Waals surface area contributed by atoms with E-state index in [2.05, 4.69) is 10.0 Å². The summed E-state index contributed by atoms with van der Waals surface area (Å²) in [6.07, 6.45) is 3.42. The first-order chi connectivity index (χ1) is 10.1. The molecule has 6 heteroatoms. The molecule has 1 saturated carbocycles. The van der Waals surface area contributed by atoms with E-state index in [1.54, 1.807) is 18.2 Å². The van der Waals surface area contributed by atoms with Gasteiger partial charge in [0.2, 0.25) is 10.0 Å². The summed E-state index contributed by atoms with van der Waals surface area (Å²) in [5.41, 5.74) is 0.644. The van der Waals surface area contributed by atoms with E-state index in [0.29, 0.717) is 29.7 Å². The first-order valence-corrected chi connectivity index (χ1v) is 9.02. The fourth-order valence-electron chi connectivity index (χ4n) is 1.97. The van der Waals surface area contributed by atoms with Crippen molar-refractivity contribution in [3.05, 3.63) is 24.3 Å². The third kappa shape index (κ3) is 5.30. The molecule has 5 nitrogen and oxygen atoms in total. The molecular weight excluding hydrogens is 288 g/mol. The van der Waals surface area contributed by atoms with Gasteiger partial charge in [-0.1, -0.05) is 19.1 Å². The van der Waals surface area contributed by atoms with Gasteiger partial charge in [0, 0.05) is 19.7 Å². The second kappa shape index (κ2) is 7.77. The number of anilines is 1. The van der Waals surface area contributed by atoms with Gasteiger partial charge in [-0.2, -0.15) is 0 Å². The Morgan fingerprint density at radius 3 is 2.71 bits per heavy atom. The van der Waals surface area contributed by atoms with Crippen LogP contribution in [-0.2, 0) is 14.8 Å². The Balaban J connectivity index is 1.87. The smallest absolute Gasteiger partial charge is 0.242 e. The molecule has 0 bridgehead atoms. The van der Waals surface area contributed by atoms with Crippen molar-refractivity contribution in [2.75, 3.05) is 31.6 Å². The molecule has 0 unspecified atom stereocenters. The molecule has 2 rings (SSSR count). The molecule has 0 aliphatic heterocycles. The second-order valence-corrected chi connectivity index (χ2v) is 7.07. The molecule has 21 heavy (non-hydrogen) atoms. The van der Waals surface area contributed by atoms with E-state index in [4.69, 9.17) is 4.74 Å². The molecule has 2 N–H and O–H groups in total. The second-order valence-electron chi connectivity index (χ2n) is 5.34. The topological polar surface area (TPSA) is 67.4 Å². The van der Waals surface area contributed by atoms with Gasteiger partial charge in [-0.05, 0) is 37.3 Å². The summed E-state index contributed by atoms with van der Waals surface area (Å²) >= 11 is 0. The highest BCUT2D eigenvalue weighted by Crippen LogP contribution is 2.28. The van der Waals surface area contributed by atoms with Crippen molar-refractivity contribution in [1.29, 1.82) is 0 Å². The van der Waals surface area contributed by atoms with Crippen molar-refractivity contribution < 1.29 is 13.2 Å². The van der Waals surface area contributed by atoms with Crippen molar-refractivity contribution in [3.8, 4) is 0 Å². The zero-order valence-corrected chi connectivity index (χ0v) is 13.3. The lowest BCUT2D eigenvalue weighted by Gasteiger charge is -2.12. The molecule has 0 radical (unpaired) electrons. The molecule has 0 aromatic heterocycles. The van der Waals surface area contributed by atoms with Crippen LogP contribution >= 0.6 is 0 Å². The predicted molar refractivity (Wildman–Crippen MR) is 84.0 cm³/mol. The summed E-state index contributed by atoms with van der Waals surface area (Å²) in [5.74, 6) is 0.695. The molecular formula is C15H24N2O3S. The summed E-state index contributed by atoms with van der Waals surface area (Å²) in [6.45, 7) is 4.25. The van der Waals surface area contributed by atoms with Gasteiger partial charge in [0.1, 0.15) is 4.90 Å². The molecule has 0 amide bonds. The highest BCUT2D eigenvalue weighted by molar-refractivity contribution is 7.89. The van der Waals surface area contributed by atoms with Gasteiger partial charge in [-0.25, -0.2) is 13.1 Å². The Hall–Kier alpha value is -1.11. The fraction of sp³-hybridized carbons (Fsp3) is 0.600. The van der Waals surface area contributed by atoms with Gasteiger partial charge in [0.15, 0.2) is 0 Å². The first kappa shape index (κ1) is 16.3. The molecule has 0 heterocycles. The Morgan fingerprint density at radius 2 is 2.00 bits per heavy atom. The molecule has 118 valence electrons. The lowest BCUT2D eigenvalue weighted by Crippen LogP contribution is -2.28. The lowest BCUT2D eigenvalue weighted by atomic mass is 10.3. The maximum absolute atomic E-state index is 12.3. The van der Waals surface area contributed by atoms with Crippen LogP contribution < -0.4 is 10.0 Å². The number of rotatable bonds is 10. The Morgan fingerprint density at radius 1 is 1.24 bits per heavy atom. The minimum atomic E-state index is -3.50. The molecule has 1 aliphatic rings. The number of ether oxygens (including phenoxy) is 1. The van der Waals surface area contributed by atoms with Crippen LogP contribution in [0.3, 0.4) is 0 Å². The van der Waals surface area contributed by atoms with Crippen LogP contribution in [0.4, 0.5) is 5.69 Å². The van der Waals surface area contributed by atoms with Crippen LogP contribution in [0, 0.1) is 5.92 Å². The van der Waals surface area contributed by atoms with Crippen LogP contribution in [0.5, 0.6) is 0 Å². The zero-order chi connectivity index (χ0) is 15.1. The Kier molecular flexibility index (Phi) is 6.02. The zero-order valence-electron chi connectivity index (χ0n) is 12.5. The average molecular weight is 312 g/mol. The third-order valence-electron chi connectivity index (χ3n) is 3.33. The summed E-state index contributed by atoms with van der Waals surface area (Å²) in [4.78, 5) is 0.292. The van der Waals surface area contributed by atoms with E-state index >= 15 is 0 Å². The molecule has 1 aliphatic carbocycles. The highest BCUT2D eigenvalue weighted by Gasteiger charge is 2.21. The van der Waals surface area contributed by atoms with Crippen LogP contribution in [0.2, 0.25) is 0 Å². The van der Waals surface area contributed by atoms with Crippen LogP contribution in [0.25, 0.3) is 0 Å². The van der Waals surface area contributed by atoms with E-state index in [9.17, 15) is 8.42 Å². The number of hydrogen-bond donors (Lipinski definition) is 2. The predicted octanol–water partition coefficient (Wildman–Crippen LogP) is 2.21. The number of hydrogen-bond acceptors (Lipinski definition) is 4. The van der Waals surface area contributed by atoms with Gasteiger partial charge in [0.25, 0.3) is 0 Å². The van der Waals surface area contributed by atoms with Gasteiger partial charge < -0.3 is 10.1 Å². The third-order valence-corrected chi connectivity index (χ3v) is 4.85. The van der Waals surface area contributed by atoms with Gasteiger partial charge in [-0.3, -0.25) is 0 Å². The number of nitrogens with one attached hydrogen (secondary N) is 2. The van der Waals surface area contributed by atoms with E-state index in [1.165, 1.54) is 12.8 Å².